The lowest BCUT2D eigenvalue weighted by atomic mass is 10.1. The van der Waals surface area contributed by atoms with Crippen molar-refractivity contribution in [1.82, 2.24) is 15.0 Å². The fourth-order valence-corrected chi connectivity index (χ4v) is 2.44. The first-order valence-corrected chi connectivity index (χ1v) is 7.19. The molecule has 0 unspecified atom stereocenters. The number of aromatic nitrogens is 2. The fraction of sp³-hybridized carbons (Fsp3) is 0.500. The normalized spacial score (nSPS) is 15.0. The van der Waals surface area contributed by atoms with Crippen LogP contribution in [0.15, 0.2) is 22.7 Å². The number of nitrogens with zero attached hydrogens (tertiary/aromatic N) is 3. The van der Waals surface area contributed by atoms with Crippen molar-refractivity contribution >= 4 is 0 Å². The van der Waals surface area contributed by atoms with Crippen LogP contribution in [0.2, 0.25) is 0 Å². The summed E-state index contributed by atoms with van der Waals surface area (Å²) in [5.74, 6) is 2.16. The van der Waals surface area contributed by atoms with E-state index in [9.17, 15) is 0 Å². The minimum absolute atomic E-state index is 0.553. The number of hydrogen-bond acceptors (Lipinski definition) is 4. The lowest BCUT2D eigenvalue weighted by Gasteiger charge is -2.16. The van der Waals surface area contributed by atoms with Gasteiger partial charge in [-0.1, -0.05) is 28.9 Å². The molecule has 4 heteroatoms. The van der Waals surface area contributed by atoms with Crippen LogP contribution < -0.4 is 0 Å². The second-order valence-electron chi connectivity index (χ2n) is 5.92. The molecule has 0 bridgehead atoms. The molecule has 0 spiro atoms. The van der Waals surface area contributed by atoms with Crippen LogP contribution in [0, 0.1) is 13.8 Å². The largest absolute Gasteiger partial charge is 0.338 e. The highest BCUT2D eigenvalue weighted by Crippen LogP contribution is 2.38. The summed E-state index contributed by atoms with van der Waals surface area (Å²) in [5.41, 5.74) is 3.99. The van der Waals surface area contributed by atoms with Crippen molar-refractivity contribution in [2.45, 2.75) is 45.7 Å². The Kier molecular flexibility index (Phi) is 3.57. The SMILES string of the molecule is Cc1ccc(CN(C)Cc2nc(C3CC3)no2)c(C)c1. The fourth-order valence-electron chi connectivity index (χ4n) is 2.44. The maximum Gasteiger partial charge on any atom is 0.240 e. The summed E-state index contributed by atoms with van der Waals surface area (Å²) in [7, 11) is 2.08. The highest BCUT2D eigenvalue weighted by atomic mass is 16.5. The molecule has 1 fully saturated rings. The number of hydrogen-bond donors (Lipinski definition) is 0. The Bertz CT molecular complexity index is 602. The van der Waals surface area contributed by atoms with E-state index in [1.165, 1.54) is 29.5 Å². The van der Waals surface area contributed by atoms with Crippen LogP contribution in [0.25, 0.3) is 0 Å². The maximum absolute atomic E-state index is 5.32. The van der Waals surface area contributed by atoms with Gasteiger partial charge in [0, 0.05) is 12.5 Å². The predicted octanol–water partition coefficient (Wildman–Crippen LogP) is 3.20. The van der Waals surface area contributed by atoms with Gasteiger partial charge in [-0.2, -0.15) is 4.98 Å². The van der Waals surface area contributed by atoms with Crippen molar-refractivity contribution < 1.29 is 4.52 Å². The molecular formula is C16H21N3O. The van der Waals surface area contributed by atoms with Crippen molar-refractivity contribution in [3.05, 3.63) is 46.6 Å². The van der Waals surface area contributed by atoms with Crippen LogP contribution in [0.4, 0.5) is 0 Å². The van der Waals surface area contributed by atoms with E-state index in [0.29, 0.717) is 12.5 Å². The topological polar surface area (TPSA) is 42.2 Å². The Morgan fingerprint density at radius 1 is 1.25 bits per heavy atom. The smallest absolute Gasteiger partial charge is 0.240 e. The zero-order valence-corrected chi connectivity index (χ0v) is 12.4. The molecular weight excluding hydrogens is 250 g/mol. The summed E-state index contributed by atoms with van der Waals surface area (Å²) in [4.78, 5) is 6.68. The van der Waals surface area contributed by atoms with E-state index in [0.717, 1.165) is 18.3 Å². The average molecular weight is 271 g/mol. The number of benzene rings is 1. The first-order valence-electron chi connectivity index (χ1n) is 7.19. The molecule has 0 N–H and O–H groups in total. The standard InChI is InChI=1S/C16H21N3O/c1-11-4-5-14(12(2)8-11)9-19(3)10-15-17-16(18-20-15)13-6-7-13/h4-5,8,13H,6-7,9-10H2,1-3H3. The van der Waals surface area contributed by atoms with Gasteiger partial charge in [-0.15, -0.1) is 0 Å². The Labute approximate surface area is 119 Å². The molecule has 0 aliphatic heterocycles. The first kappa shape index (κ1) is 13.3. The first-order chi connectivity index (χ1) is 9.61. The van der Waals surface area contributed by atoms with Gasteiger partial charge in [-0.25, -0.2) is 0 Å². The minimum atomic E-state index is 0.553. The zero-order chi connectivity index (χ0) is 14.1. The highest BCUT2D eigenvalue weighted by Gasteiger charge is 2.28. The van der Waals surface area contributed by atoms with E-state index in [-0.39, 0.29) is 0 Å². The van der Waals surface area contributed by atoms with Gasteiger partial charge >= 0.3 is 0 Å². The highest BCUT2D eigenvalue weighted by molar-refractivity contribution is 5.30. The van der Waals surface area contributed by atoms with Crippen LogP contribution in [0.1, 0.15) is 47.2 Å². The number of aryl methyl sites for hydroxylation is 2. The second-order valence-corrected chi connectivity index (χ2v) is 5.92. The molecule has 106 valence electrons. The van der Waals surface area contributed by atoms with Crippen LogP contribution in [0.5, 0.6) is 0 Å². The van der Waals surface area contributed by atoms with Gasteiger partial charge < -0.3 is 4.52 Å². The molecule has 1 aromatic carbocycles. The van der Waals surface area contributed by atoms with Gasteiger partial charge in [0.25, 0.3) is 0 Å². The quantitative estimate of drug-likeness (QED) is 0.837. The van der Waals surface area contributed by atoms with E-state index in [1.807, 2.05) is 0 Å². The van der Waals surface area contributed by atoms with Gasteiger partial charge in [0.2, 0.25) is 5.89 Å². The van der Waals surface area contributed by atoms with Gasteiger partial charge in [0.05, 0.1) is 6.54 Å². The zero-order valence-electron chi connectivity index (χ0n) is 12.4. The summed E-state index contributed by atoms with van der Waals surface area (Å²) < 4.78 is 5.32. The molecule has 1 aliphatic rings. The molecule has 1 aromatic heterocycles. The van der Waals surface area contributed by atoms with Crippen LogP contribution in [-0.2, 0) is 13.1 Å². The molecule has 1 saturated carbocycles. The van der Waals surface area contributed by atoms with E-state index in [4.69, 9.17) is 4.52 Å². The van der Waals surface area contributed by atoms with E-state index >= 15 is 0 Å². The lowest BCUT2D eigenvalue weighted by molar-refractivity contribution is 0.260. The number of rotatable bonds is 5. The Morgan fingerprint density at radius 3 is 2.75 bits per heavy atom. The minimum Gasteiger partial charge on any atom is -0.338 e. The Hall–Kier alpha value is -1.68. The van der Waals surface area contributed by atoms with Gasteiger partial charge in [0.1, 0.15) is 0 Å². The van der Waals surface area contributed by atoms with E-state index in [1.54, 1.807) is 0 Å². The van der Waals surface area contributed by atoms with E-state index < -0.39 is 0 Å². The maximum atomic E-state index is 5.32. The summed E-state index contributed by atoms with van der Waals surface area (Å²) >= 11 is 0. The van der Waals surface area contributed by atoms with Crippen LogP contribution in [0.3, 0.4) is 0 Å². The molecule has 1 aliphatic carbocycles. The summed E-state index contributed by atoms with van der Waals surface area (Å²) in [6, 6.07) is 6.58. The van der Waals surface area contributed by atoms with Gasteiger partial charge in [-0.3, -0.25) is 4.90 Å². The average Bonchev–Trinajstić information content (AvgIpc) is 3.14. The van der Waals surface area contributed by atoms with Crippen molar-refractivity contribution in [3.8, 4) is 0 Å². The molecule has 4 nitrogen and oxygen atoms in total. The summed E-state index contributed by atoms with van der Waals surface area (Å²) in [6.07, 6.45) is 2.41. The third-order valence-corrected chi connectivity index (χ3v) is 3.77. The molecule has 3 rings (SSSR count). The van der Waals surface area contributed by atoms with Crippen molar-refractivity contribution in [3.63, 3.8) is 0 Å². The van der Waals surface area contributed by atoms with Gasteiger partial charge in [-0.05, 0) is 44.9 Å². The summed E-state index contributed by atoms with van der Waals surface area (Å²) in [5, 5.41) is 4.05. The summed E-state index contributed by atoms with van der Waals surface area (Å²) in [6.45, 7) is 5.88. The molecule has 2 aromatic rings. The Morgan fingerprint density at radius 2 is 2.05 bits per heavy atom. The molecule has 0 amide bonds. The Balaban J connectivity index is 1.61. The molecule has 0 saturated heterocycles. The van der Waals surface area contributed by atoms with Crippen LogP contribution in [-0.4, -0.2) is 22.1 Å². The van der Waals surface area contributed by atoms with E-state index in [2.05, 4.69) is 54.1 Å². The molecule has 0 radical (unpaired) electrons. The lowest BCUT2D eigenvalue weighted by Crippen LogP contribution is -2.18. The third-order valence-electron chi connectivity index (χ3n) is 3.77. The second kappa shape index (κ2) is 5.37. The third kappa shape index (κ3) is 3.07. The van der Waals surface area contributed by atoms with Crippen LogP contribution >= 0.6 is 0 Å². The molecule has 20 heavy (non-hydrogen) atoms. The monoisotopic (exact) mass is 271 g/mol. The van der Waals surface area contributed by atoms with Crippen molar-refractivity contribution in [1.29, 1.82) is 0 Å². The predicted molar refractivity (Wildman–Crippen MR) is 77.4 cm³/mol. The molecule has 0 atom stereocenters. The van der Waals surface area contributed by atoms with Crippen molar-refractivity contribution in [2.75, 3.05) is 7.05 Å². The van der Waals surface area contributed by atoms with Crippen molar-refractivity contribution in [2.24, 2.45) is 0 Å². The van der Waals surface area contributed by atoms with Gasteiger partial charge in [0.15, 0.2) is 5.82 Å². The molecule has 1 heterocycles.